The number of amides is 1. The summed E-state index contributed by atoms with van der Waals surface area (Å²) in [6, 6.07) is 5.51. The molecule has 1 aliphatic rings. The van der Waals surface area contributed by atoms with E-state index in [9.17, 15) is 18.8 Å². The molecule has 0 radical (unpaired) electrons. The average Bonchev–Trinajstić information content (AvgIpc) is 2.90. The molecule has 6 nitrogen and oxygen atoms in total. The molecule has 1 aromatic carbocycles. The number of aliphatic carboxylic acids is 1. The van der Waals surface area contributed by atoms with Crippen LogP contribution in [0, 0.1) is 11.7 Å². The first kappa shape index (κ1) is 15.3. The number of ketones is 1. The first-order valence-corrected chi connectivity index (χ1v) is 7.59. The third kappa shape index (κ3) is 2.98. The van der Waals surface area contributed by atoms with E-state index in [4.69, 9.17) is 5.11 Å². The van der Waals surface area contributed by atoms with E-state index in [0.717, 1.165) is 11.3 Å². The van der Waals surface area contributed by atoms with E-state index in [0.29, 0.717) is 10.6 Å². The summed E-state index contributed by atoms with van der Waals surface area (Å²) in [6.45, 7) is 0. The van der Waals surface area contributed by atoms with Crippen LogP contribution in [0.2, 0.25) is 0 Å². The van der Waals surface area contributed by atoms with E-state index in [1.807, 2.05) is 0 Å². The van der Waals surface area contributed by atoms with Gasteiger partial charge in [0, 0.05) is 12.8 Å². The van der Waals surface area contributed by atoms with Crippen molar-refractivity contribution in [1.82, 2.24) is 4.98 Å². The Labute approximate surface area is 134 Å². The van der Waals surface area contributed by atoms with Crippen LogP contribution in [0.4, 0.5) is 9.52 Å². The van der Waals surface area contributed by atoms with Gasteiger partial charge in [-0.25, -0.2) is 9.37 Å². The number of thiazole rings is 1. The van der Waals surface area contributed by atoms with E-state index >= 15 is 0 Å². The van der Waals surface area contributed by atoms with Crippen molar-refractivity contribution in [1.29, 1.82) is 0 Å². The van der Waals surface area contributed by atoms with E-state index in [2.05, 4.69) is 10.3 Å². The van der Waals surface area contributed by atoms with Crippen LogP contribution in [0.25, 0.3) is 0 Å². The Morgan fingerprint density at radius 1 is 1.30 bits per heavy atom. The molecular weight excluding hydrogens is 323 g/mol. The van der Waals surface area contributed by atoms with Crippen molar-refractivity contribution in [2.24, 2.45) is 5.92 Å². The molecule has 1 heterocycles. The monoisotopic (exact) mass is 334 g/mol. The number of hydrogen-bond donors (Lipinski definition) is 2. The van der Waals surface area contributed by atoms with Crippen LogP contribution in [0.1, 0.15) is 32.1 Å². The minimum Gasteiger partial charge on any atom is -0.481 e. The lowest BCUT2D eigenvalue weighted by Gasteiger charge is -2.15. The Bertz CT molecular complexity index is 818. The van der Waals surface area contributed by atoms with Gasteiger partial charge < -0.3 is 5.11 Å². The largest absolute Gasteiger partial charge is 0.481 e. The van der Waals surface area contributed by atoms with E-state index < -0.39 is 23.6 Å². The number of carbonyl (C=O) groups excluding carboxylic acids is 2. The van der Waals surface area contributed by atoms with Gasteiger partial charge in [-0.15, -0.1) is 0 Å². The third-order valence-corrected chi connectivity index (χ3v) is 4.56. The van der Waals surface area contributed by atoms with Crippen LogP contribution in [-0.4, -0.2) is 27.8 Å². The number of Topliss-reactive ketones (excluding diaryl/α,β-unsaturated/α-hetero) is 1. The van der Waals surface area contributed by atoms with Gasteiger partial charge in [-0.1, -0.05) is 23.5 Å². The maximum absolute atomic E-state index is 13.6. The molecule has 0 saturated heterocycles. The highest BCUT2D eigenvalue weighted by molar-refractivity contribution is 7.17. The highest BCUT2D eigenvalue weighted by atomic mass is 32.1. The van der Waals surface area contributed by atoms with Crippen LogP contribution >= 0.6 is 11.3 Å². The third-order valence-electron chi connectivity index (χ3n) is 3.51. The highest BCUT2D eigenvalue weighted by Crippen LogP contribution is 2.32. The predicted octanol–water partition coefficient (Wildman–Crippen LogP) is 2.36. The zero-order valence-corrected chi connectivity index (χ0v) is 12.5. The molecule has 1 aromatic heterocycles. The van der Waals surface area contributed by atoms with Gasteiger partial charge in [-0.3, -0.25) is 19.7 Å². The van der Waals surface area contributed by atoms with Crippen LogP contribution in [0.5, 0.6) is 0 Å². The molecule has 0 spiro atoms. The second kappa shape index (κ2) is 5.88. The zero-order chi connectivity index (χ0) is 16.6. The summed E-state index contributed by atoms with van der Waals surface area (Å²) in [5.74, 6) is -3.48. The van der Waals surface area contributed by atoms with Crippen LogP contribution < -0.4 is 5.32 Å². The molecule has 3 rings (SSSR count). The van der Waals surface area contributed by atoms with E-state index in [-0.39, 0.29) is 29.3 Å². The van der Waals surface area contributed by atoms with Crippen LogP contribution in [0.3, 0.4) is 0 Å². The Morgan fingerprint density at radius 3 is 2.74 bits per heavy atom. The lowest BCUT2D eigenvalue weighted by Crippen LogP contribution is -2.25. The summed E-state index contributed by atoms with van der Waals surface area (Å²) in [7, 11) is 0. The normalized spacial score (nSPS) is 16.7. The van der Waals surface area contributed by atoms with Gasteiger partial charge in [0.05, 0.1) is 22.1 Å². The lowest BCUT2D eigenvalue weighted by atomic mass is 9.90. The summed E-state index contributed by atoms with van der Waals surface area (Å²) >= 11 is 0.978. The smallest absolute Gasteiger partial charge is 0.307 e. The van der Waals surface area contributed by atoms with Gasteiger partial charge in [-0.2, -0.15) is 0 Å². The average molecular weight is 334 g/mol. The summed E-state index contributed by atoms with van der Waals surface area (Å²) in [6.07, 6.45) is 0.0632. The number of carboxylic acids is 1. The SMILES string of the molecule is O=C(Nc1nc2c(s1)C(=O)C[C@H](C(=O)O)C2)c1ccccc1F. The number of carbonyl (C=O) groups is 3. The number of nitrogens with zero attached hydrogens (tertiary/aromatic N) is 1. The number of rotatable bonds is 3. The second-order valence-electron chi connectivity index (χ2n) is 5.10. The van der Waals surface area contributed by atoms with Gasteiger partial charge in [0.2, 0.25) is 0 Å². The first-order valence-electron chi connectivity index (χ1n) is 6.77. The molecule has 0 saturated carbocycles. The predicted molar refractivity (Wildman–Crippen MR) is 80.2 cm³/mol. The van der Waals surface area contributed by atoms with Crippen molar-refractivity contribution >= 4 is 34.1 Å². The Balaban J connectivity index is 1.83. The first-order chi connectivity index (χ1) is 11.0. The molecule has 1 aliphatic carbocycles. The molecule has 1 atom stereocenters. The quantitative estimate of drug-likeness (QED) is 0.898. The van der Waals surface area contributed by atoms with Crippen molar-refractivity contribution in [2.75, 3.05) is 5.32 Å². The highest BCUT2D eigenvalue weighted by Gasteiger charge is 2.33. The summed E-state index contributed by atoms with van der Waals surface area (Å²) < 4.78 is 13.6. The van der Waals surface area contributed by atoms with Gasteiger partial charge in [0.15, 0.2) is 10.9 Å². The van der Waals surface area contributed by atoms with Crippen LogP contribution in [-0.2, 0) is 11.2 Å². The lowest BCUT2D eigenvalue weighted by molar-refractivity contribution is -0.141. The maximum Gasteiger partial charge on any atom is 0.307 e. The van der Waals surface area contributed by atoms with Crippen molar-refractivity contribution < 1.29 is 23.9 Å². The van der Waals surface area contributed by atoms with Gasteiger partial charge >= 0.3 is 5.97 Å². The number of halogens is 1. The fourth-order valence-electron chi connectivity index (χ4n) is 2.37. The number of carboxylic acid groups (broad SMARTS) is 1. The Kier molecular flexibility index (Phi) is 3.91. The maximum atomic E-state index is 13.6. The number of aromatic nitrogens is 1. The minimum atomic E-state index is -1.05. The molecule has 1 amide bonds. The van der Waals surface area contributed by atoms with Gasteiger partial charge in [0.1, 0.15) is 5.82 Å². The number of benzene rings is 1. The van der Waals surface area contributed by atoms with Crippen molar-refractivity contribution in [2.45, 2.75) is 12.8 Å². The molecular formula is C15H11FN2O4S. The molecule has 0 aliphatic heterocycles. The van der Waals surface area contributed by atoms with Crippen molar-refractivity contribution in [3.05, 3.63) is 46.2 Å². The van der Waals surface area contributed by atoms with Crippen molar-refractivity contribution in [3.63, 3.8) is 0 Å². The molecule has 2 N–H and O–H groups in total. The molecule has 0 fully saturated rings. The van der Waals surface area contributed by atoms with Gasteiger partial charge in [-0.05, 0) is 12.1 Å². The van der Waals surface area contributed by atoms with E-state index in [1.54, 1.807) is 0 Å². The van der Waals surface area contributed by atoms with Crippen LogP contribution in [0.15, 0.2) is 24.3 Å². The fourth-order valence-corrected chi connectivity index (χ4v) is 3.30. The fraction of sp³-hybridized carbons (Fsp3) is 0.200. The zero-order valence-electron chi connectivity index (χ0n) is 11.7. The molecule has 118 valence electrons. The Hall–Kier alpha value is -2.61. The summed E-state index contributed by atoms with van der Waals surface area (Å²) in [4.78, 5) is 39.5. The summed E-state index contributed by atoms with van der Waals surface area (Å²) in [5, 5.41) is 11.6. The Morgan fingerprint density at radius 2 is 2.04 bits per heavy atom. The number of anilines is 1. The topological polar surface area (TPSA) is 96.4 Å². The van der Waals surface area contributed by atoms with Gasteiger partial charge in [0.25, 0.3) is 5.91 Å². The minimum absolute atomic E-state index is 0.0781. The second-order valence-corrected chi connectivity index (χ2v) is 6.09. The van der Waals surface area contributed by atoms with Crippen molar-refractivity contribution in [3.8, 4) is 0 Å². The number of fused-ring (bicyclic) bond motifs is 1. The molecule has 2 aromatic rings. The van der Waals surface area contributed by atoms with E-state index in [1.165, 1.54) is 24.3 Å². The summed E-state index contributed by atoms with van der Waals surface area (Å²) in [5.41, 5.74) is 0.234. The standard InChI is InChI=1S/C15H11FN2O4S/c16-9-4-2-1-3-8(9)13(20)18-15-17-10-5-7(14(21)22)6-11(19)12(10)23-15/h1-4,7H,5-6H2,(H,21,22)(H,17,18,20)/t7-/m1/s1. The number of hydrogen-bond acceptors (Lipinski definition) is 5. The number of nitrogens with one attached hydrogen (secondary N) is 1. The molecule has 0 unspecified atom stereocenters. The molecule has 23 heavy (non-hydrogen) atoms. The molecule has 8 heteroatoms. The molecule has 0 bridgehead atoms.